The van der Waals surface area contributed by atoms with Crippen LogP contribution in [0.3, 0.4) is 0 Å². The fraction of sp³-hybridized carbons (Fsp3) is 0.250. The summed E-state index contributed by atoms with van der Waals surface area (Å²) in [4.78, 5) is 10.4. The Labute approximate surface area is 145 Å². The van der Waals surface area contributed by atoms with Gasteiger partial charge < -0.3 is 14.0 Å². The number of nitrogens with one attached hydrogen (secondary N) is 1. The van der Waals surface area contributed by atoms with Crippen LogP contribution in [0.25, 0.3) is 10.9 Å². The number of hydrogen-bond acceptors (Lipinski definition) is 3. The van der Waals surface area contributed by atoms with Crippen LogP contribution in [0.15, 0.2) is 59.5 Å². The Balaban J connectivity index is 1.64. The van der Waals surface area contributed by atoms with E-state index < -0.39 is 0 Å². The standard InChI is InChI=1S/C20H20N4O/c1-23-17-7-3-2-5-14(17)11-18(23)20-19-16(21-13-22-19)8-9-24(20)12-15-6-4-10-25-15/h2-7,10-11,13,20H,8-9,12H2,1H3,(H,21,22)/t20-/m0/s1. The number of para-hydroxylation sites is 1. The zero-order valence-electron chi connectivity index (χ0n) is 14.1. The molecule has 1 aliphatic heterocycles. The maximum absolute atomic E-state index is 5.60. The molecule has 0 saturated carbocycles. The van der Waals surface area contributed by atoms with Gasteiger partial charge in [0.2, 0.25) is 0 Å². The van der Waals surface area contributed by atoms with Crippen LogP contribution in [0.2, 0.25) is 0 Å². The van der Waals surface area contributed by atoms with Crippen molar-refractivity contribution in [3.8, 4) is 0 Å². The number of hydrogen-bond donors (Lipinski definition) is 1. The lowest BCUT2D eigenvalue weighted by Gasteiger charge is -2.34. The van der Waals surface area contributed by atoms with Gasteiger partial charge in [0.05, 0.1) is 30.9 Å². The van der Waals surface area contributed by atoms with Crippen LogP contribution in [0.5, 0.6) is 0 Å². The third kappa shape index (κ3) is 2.31. The highest BCUT2D eigenvalue weighted by molar-refractivity contribution is 5.81. The summed E-state index contributed by atoms with van der Waals surface area (Å²) >= 11 is 0. The molecule has 0 bridgehead atoms. The van der Waals surface area contributed by atoms with Crippen molar-refractivity contribution in [2.24, 2.45) is 7.05 Å². The number of aromatic nitrogens is 3. The lowest BCUT2D eigenvalue weighted by atomic mass is 9.99. The number of benzene rings is 1. The highest BCUT2D eigenvalue weighted by Gasteiger charge is 2.33. The minimum absolute atomic E-state index is 0.123. The normalized spacial score (nSPS) is 17.9. The molecule has 126 valence electrons. The molecule has 4 heterocycles. The Morgan fingerprint density at radius 2 is 2.16 bits per heavy atom. The van der Waals surface area contributed by atoms with Crippen molar-refractivity contribution in [3.63, 3.8) is 0 Å². The first-order valence-electron chi connectivity index (χ1n) is 8.64. The van der Waals surface area contributed by atoms with Gasteiger partial charge in [0.25, 0.3) is 0 Å². The first-order valence-corrected chi connectivity index (χ1v) is 8.64. The van der Waals surface area contributed by atoms with Gasteiger partial charge in [-0.05, 0) is 29.7 Å². The summed E-state index contributed by atoms with van der Waals surface area (Å²) in [5, 5.41) is 1.26. The smallest absolute Gasteiger partial charge is 0.117 e. The molecule has 0 spiro atoms. The van der Waals surface area contributed by atoms with Crippen molar-refractivity contribution in [2.45, 2.75) is 19.0 Å². The van der Waals surface area contributed by atoms with Crippen LogP contribution in [0, 0.1) is 0 Å². The molecule has 5 heteroatoms. The van der Waals surface area contributed by atoms with Crippen LogP contribution in [0.4, 0.5) is 0 Å². The topological polar surface area (TPSA) is 50.0 Å². The summed E-state index contributed by atoms with van der Waals surface area (Å²) in [6.45, 7) is 1.76. The lowest BCUT2D eigenvalue weighted by molar-refractivity contribution is 0.180. The number of imidazole rings is 1. The van der Waals surface area contributed by atoms with E-state index >= 15 is 0 Å². The third-order valence-electron chi connectivity index (χ3n) is 5.23. The van der Waals surface area contributed by atoms with E-state index in [0.717, 1.165) is 31.0 Å². The Kier molecular flexibility index (Phi) is 3.28. The number of H-pyrrole nitrogens is 1. The lowest BCUT2D eigenvalue weighted by Crippen LogP contribution is -2.36. The van der Waals surface area contributed by atoms with Crippen molar-refractivity contribution < 1.29 is 4.42 Å². The van der Waals surface area contributed by atoms with Crippen LogP contribution >= 0.6 is 0 Å². The number of aromatic amines is 1. The molecule has 0 aliphatic carbocycles. The first kappa shape index (κ1) is 14.5. The average Bonchev–Trinajstić information content (AvgIpc) is 3.36. The van der Waals surface area contributed by atoms with E-state index in [2.05, 4.69) is 56.8 Å². The van der Waals surface area contributed by atoms with Crippen molar-refractivity contribution in [1.29, 1.82) is 0 Å². The predicted molar refractivity (Wildman–Crippen MR) is 96.2 cm³/mol. The molecule has 1 aliphatic rings. The Morgan fingerprint density at radius 3 is 3.00 bits per heavy atom. The number of furan rings is 1. The number of rotatable bonds is 3. The molecule has 1 atom stereocenters. The summed E-state index contributed by atoms with van der Waals surface area (Å²) < 4.78 is 7.89. The fourth-order valence-corrected chi connectivity index (χ4v) is 4.00. The van der Waals surface area contributed by atoms with E-state index in [1.54, 1.807) is 6.26 Å². The maximum Gasteiger partial charge on any atom is 0.117 e. The Hall–Kier alpha value is -2.79. The molecule has 0 saturated heterocycles. The van der Waals surface area contributed by atoms with Crippen LogP contribution < -0.4 is 0 Å². The summed E-state index contributed by atoms with van der Waals surface area (Å²) in [6.07, 6.45) is 4.54. The van der Waals surface area contributed by atoms with Crippen molar-refractivity contribution in [1.82, 2.24) is 19.4 Å². The minimum Gasteiger partial charge on any atom is -0.468 e. The van der Waals surface area contributed by atoms with Gasteiger partial charge in [-0.25, -0.2) is 4.98 Å². The quantitative estimate of drug-likeness (QED) is 0.623. The van der Waals surface area contributed by atoms with Crippen LogP contribution in [-0.2, 0) is 20.0 Å². The van der Waals surface area contributed by atoms with E-state index in [9.17, 15) is 0 Å². The number of aryl methyl sites for hydroxylation is 1. The molecule has 0 unspecified atom stereocenters. The molecule has 25 heavy (non-hydrogen) atoms. The molecule has 5 rings (SSSR count). The second-order valence-electron chi connectivity index (χ2n) is 6.66. The maximum atomic E-state index is 5.60. The molecule has 0 amide bonds. The van der Waals surface area contributed by atoms with Gasteiger partial charge in [0.15, 0.2) is 0 Å². The molecular weight excluding hydrogens is 312 g/mol. The van der Waals surface area contributed by atoms with Crippen LogP contribution in [-0.4, -0.2) is 26.0 Å². The molecule has 0 radical (unpaired) electrons. The average molecular weight is 332 g/mol. The summed E-state index contributed by atoms with van der Waals surface area (Å²) in [7, 11) is 2.14. The second-order valence-corrected chi connectivity index (χ2v) is 6.66. The van der Waals surface area contributed by atoms with Gasteiger partial charge in [0.1, 0.15) is 5.76 Å². The number of fused-ring (bicyclic) bond motifs is 2. The minimum atomic E-state index is 0.123. The predicted octanol–water partition coefficient (Wildman–Crippen LogP) is 3.64. The molecule has 0 fully saturated rings. The highest BCUT2D eigenvalue weighted by atomic mass is 16.3. The van der Waals surface area contributed by atoms with Crippen molar-refractivity contribution >= 4 is 10.9 Å². The Morgan fingerprint density at radius 1 is 1.24 bits per heavy atom. The highest BCUT2D eigenvalue weighted by Crippen LogP contribution is 2.36. The second kappa shape index (κ2) is 5.63. The van der Waals surface area contributed by atoms with E-state index in [1.165, 1.54) is 22.3 Å². The van der Waals surface area contributed by atoms with Crippen molar-refractivity contribution in [3.05, 3.63) is 77.9 Å². The van der Waals surface area contributed by atoms with Crippen LogP contribution in [0.1, 0.15) is 28.9 Å². The number of nitrogens with zero attached hydrogens (tertiary/aromatic N) is 3. The van der Waals surface area contributed by atoms with E-state index in [0.29, 0.717) is 0 Å². The third-order valence-corrected chi connectivity index (χ3v) is 5.23. The Bertz CT molecular complexity index is 1010. The van der Waals surface area contributed by atoms with Gasteiger partial charge in [-0.2, -0.15) is 0 Å². The van der Waals surface area contributed by atoms with E-state index in [1.807, 2.05) is 18.5 Å². The molecular formula is C20H20N4O. The molecule has 1 N–H and O–H groups in total. The van der Waals surface area contributed by atoms with E-state index in [4.69, 9.17) is 4.42 Å². The van der Waals surface area contributed by atoms with Gasteiger partial charge in [0, 0.05) is 36.9 Å². The molecule has 3 aromatic heterocycles. The van der Waals surface area contributed by atoms with Gasteiger partial charge >= 0.3 is 0 Å². The zero-order valence-corrected chi connectivity index (χ0v) is 14.1. The summed E-state index contributed by atoms with van der Waals surface area (Å²) in [5.41, 5.74) is 4.88. The van der Waals surface area contributed by atoms with Gasteiger partial charge in [-0.1, -0.05) is 18.2 Å². The van der Waals surface area contributed by atoms with Crippen molar-refractivity contribution in [2.75, 3.05) is 6.54 Å². The molecule has 5 nitrogen and oxygen atoms in total. The molecule has 4 aromatic rings. The first-order chi connectivity index (χ1) is 12.3. The summed E-state index contributed by atoms with van der Waals surface area (Å²) in [6, 6.07) is 14.9. The monoisotopic (exact) mass is 332 g/mol. The SMILES string of the molecule is Cn1c([C@H]2c3nc[nH]c3CCN2Cc2ccco2)cc2ccccc21. The zero-order chi connectivity index (χ0) is 16.8. The van der Waals surface area contributed by atoms with Gasteiger partial charge in [-0.15, -0.1) is 0 Å². The largest absolute Gasteiger partial charge is 0.468 e. The molecule has 1 aromatic carbocycles. The van der Waals surface area contributed by atoms with Gasteiger partial charge in [-0.3, -0.25) is 4.90 Å². The summed E-state index contributed by atoms with van der Waals surface area (Å²) in [5.74, 6) is 0.989. The fourth-order valence-electron chi connectivity index (χ4n) is 4.00. The van der Waals surface area contributed by atoms with E-state index in [-0.39, 0.29) is 6.04 Å².